The van der Waals surface area contributed by atoms with Crippen LogP contribution < -0.4 is 5.32 Å². The molecular formula is C27H43N3. The van der Waals surface area contributed by atoms with E-state index in [1.54, 1.807) is 0 Å². The van der Waals surface area contributed by atoms with Crippen LogP contribution in [-0.4, -0.2) is 15.9 Å². The molecule has 4 rings (SSSR count). The second-order valence-corrected chi connectivity index (χ2v) is 10.0. The topological polar surface area (TPSA) is 29.3 Å². The van der Waals surface area contributed by atoms with Crippen molar-refractivity contribution >= 4 is 11.3 Å². The summed E-state index contributed by atoms with van der Waals surface area (Å²) in [6.45, 7) is 1.08. The molecule has 0 bridgehead atoms. The van der Waals surface area contributed by atoms with Gasteiger partial charge in [0.25, 0.3) is 0 Å². The fourth-order valence-corrected chi connectivity index (χ4v) is 5.79. The Balaban J connectivity index is 1.42. The third kappa shape index (κ3) is 6.25. The summed E-state index contributed by atoms with van der Waals surface area (Å²) in [5, 5.41) is 3.80. The molecular weight excluding hydrogens is 366 g/mol. The van der Waals surface area contributed by atoms with E-state index in [0.29, 0.717) is 5.92 Å². The number of imidazole rings is 1. The Bertz CT molecular complexity index is 732. The van der Waals surface area contributed by atoms with Crippen molar-refractivity contribution in [2.45, 2.75) is 115 Å². The van der Waals surface area contributed by atoms with Crippen molar-refractivity contribution in [1.29, 1.82) is 0 Å². The average molecular weight is 410 g/mol. The maximum atomic E-state index is 4.66. The first-order valence-corrected chi connectivity index (χ1v) is 13.1. The minimum absolute atomic E-state index is 0.709. The van der Waals surface area contributed by atoms with Crippen molar-refractivity contribution in [3.63, 3.8) is 0 Å². The molecule has 0 radical (unpaired) electrons. The fourth-order valence-electron chi connectivity index (χ4n) is 5.79. The van der Waals surface area contributed by atoms with Crippen molar-refractivity contribution in [3.05, 3.63) is 30.2 Å². The summed E-state index contributed by atoms with van der Waals surface area (Å²) in [6.07, 6.45) is 30.4. The molecule has 0 spiro atoms. The van der Waals surface area contributed by atoms with Gasteiger partial charge in [0.05, 0.1) is 5.69 Å². The number of hydrogen-bond donors (Lipinski definition) is 1. The largest absolute Gasteiger partial charge is 0.382 e. The van der Waals surface area contributed by atoms with Gasteiger partial charge in [0.15, 0.2) is 5.65 Å². The molecule has 3 heteroatoms. The van der Waals surface area contributed by atoms with E-state index in [4.69, 9.17) is 0 Å². The lowest BCUT2D eigenvalue weighted by Gasteiger charge is -2.22. The van der Waals surface area contributed by atoms with Gasteiger partial charge in [0.1, 0.15) is 0 Å². The second kappa shape index (κ2) is 11.8. The van der Waals surface area contributed by atoms with Gasteiger partial charge in [0, 0.05) is 25.1 Å². The molecule has 3 nitrogen and oxygen atoms in total. The van der Waals surface area contributed by atoms with Crippen molar-refractivity contribution in [1.82, 2.24) is 9.38 Å². The van der Waals surface area contributed by atoms with E-state index in [9.17, 15) is 0 Å². The highest BCUT2D eigenvalue weighted by Crippen LogP contribution is 2.33. The smallest absolute Gasteiger partial charge is 0.160 e. The summed E-state index contributed by atoms with van der Waals surface area (Å²) >= 11 is 0. The van der Waals surface area contributed by atoms with Crippen LogP contribution in [0.15, 0.2) is 24.7 Å². The summed E-state index contributed by atoms with van der Waals surface area (Å²) in [7, 11) is 0. The summed E-state index contributed by atoms with van der Waals surface area (Å²) in [5.74, 6) is 1.62. The molecule has 0 saturated heterocycles. The monoisotopic (exact) mass is 409 g/mol. The van der Waals surface area contributed by atoms with Gasteiger partial charge in [-0.2, -0.15) is 0 Å². The van der Waals surface area contributed by atoms with E-state index in [1.807, 2.05) is 6.20 Å². The van der Waals surface area contributed by atoms with E-state index >= 15 is 0 Å². The Morgan fingerprint density at radius 3 is 2.07 bits per heavy atom. The van der Waals surface area contributed by atoms with Crippen molar-refractivity contribution in [2.75, 3.05) is 11.9 Å². The number of pyridine rings is 1. The predicted molar refractivity (Wildman–Crippen MR) is 128 cm³/mol. The third-order valence-corrected chi connectivity index (χ3v) is 7.68. The molecule has 2 aliphatic rings. The molecule has 0 aromatic carbocycles. The van der Waals surface area contributed by atoms with Gasteiger partial charge in [-0.3, -0.25) is 0 Å². The third-order valence-electron chi connectivity index (χ3n) is 7.68. The summed E-state index contributed by atoms with van der Waals surface area (Å²) in [5.41, 5.74) is 3.87. The molecule has 2 fully saturated rings. The Labute approximate surface area is 184 Å². The molecule has 2 aliphatic carbocycles. The number of hydrogen-bond acceptors (Lipinski definition) is 2. The van der Waals surface area contributed by atoms with Crippen LogP contribution in [0.25, 0.3) is 5.65 Å². The zero-order valence-electron chi connectivity index (χ0n) is 19.1. The van der Waals surface area contributed by atoms with Crippen LogP contribution in [0.4, 0.5) is 5.69 Å². The maximum Gasteiger partial charge on any atom is 0.160 e. The molecule has 2 saturated carbocycles. The molecule has 0 atom stereocenters. The van der Waals surface area contributed by atoms with Crippen LogP contribution in [0.2, 0.25) is 0 Å². The second-order valence-electron chi connectivity index (χ2n) is 10.0. The number of rotatable bonds is 5. The minimum Gasteiger partial charge on any atom is -0.382 e. The predicted octanol–water partition coefficient (Wildman–Crippen LogP) is 8.10. The lowest BCUT2D eigenvalue weighted by atomic mass is 9.87. The van der Waals surface area contributed by atoms with Crippen molar-refractivity contribution in [3.8, 4) is 0 Å². The van der Waals surface area contributed by atoms with Crippen molar-refractivity contribution in [2.24, 2.45) is 5.92 Å². The minimum atomic E-state index is 0.709. The number of aromatic nitrogens is 2. The van der Waals surface area contributed by atoms with Crippen LogP contribution in [0.1, 0.15) is 121 Å². The molecule has 30 heavy (non-hydrogen) atoms. The van der Waals surface area contributed by atoms with E-state index in [2.05, 4.69) is 33.2 Å². The lowest BCUT2D eigenvalue weighted by Crippen LogP contribution is -2.12. The van der Waals surface area contributed by atoms with Gasteiger partial charge >= 0.3 is 0 Å². The quantitative estimate of drug-likeness (QED) is 0.540. The first-order chi connectivity index (χ1) is 14.9. The zero-order chi connectivity index (χ0) is 20.4. The fraction of sp³-hybridized carbons (Fsp3) is 0.741. The van der Waals surface area contributed by atoms with Gasteiger partial charge in [-0.15, -0.1) is 0 Å². The molecule has 2 aromatic rings. The van der Waals surface area contributed by atoms with Crippen LogP contribution >= 0.6 is 0 Å². The molecule has 2 heterocycles. The first-order valence-electron chi connectivity index (χ1n) is 13.1. The highest BCUT2D eigenvalue weighted by atomic mass is 15.0. The lowest BCUT2D eigenvalue weighted by molar-refractivity contribution is 0.365. The van der Waals surface area contributed by atoms with Gasteiger partial charge in [-0.05, 0) is 42.7 Å². The molecule has 0 amide bonds. The summed E-state index contributed by atoms with van der Waals surface area (Å²) in [4.78, 5) is 4.66. The standard InChI is InChI=1S/C27H43N3/c1-2-7-11-15-24(16-12-8-3-1)25-21-26(27-29-19-20-30(27)22-25)28-18-17-23-13-9-5-4-6-10-14-23/h19-24,28H,1-18H2. The van der Waals surface area contributed by atoms with Gasteiger partial charge in [-0.25, -0.2) is 4.98 Å². The molecule has 166 valence electrons. The zero-order valence-corrected chi connectivity index (χ0v) is 19.1. The Morgan fingerprint density at radius 2 is 1.40 bits per heavy atom. The number of anilines is 1. The van der Waals surface area contributed by atoms with E-state index in [-0.39, 0.29) is 0 Å². The average Bonchev–Trinajstić information content (AvgIpc) is 3.22. The van der Waals surface area contributed by atoms with E-state index in [0.717, 1.165) is 18.1 Å². The SMILES string of the molecule is c1cn2cc(C3CCCCCCCCC3)cc(NCCC3CCCCCCC3)c2n1. The van der Waals surface area contributed by atoms with E-state index < -0.39 is 0 Å². The molecule has 0 aliphatic heterocycles. The number of fused-ring (bicyclic) bond motifs is 1. The molecule has 0 unspecified atom stereocenters. The van der Waals surface area contributed by atoms with Gasteiger partial charge in [0.2, 0.25) is 0 Å². The highest BCUT2D eigenvalue weighted by molar-refractivity contribution is 5.68. The van der Waals surface area contributed by atoms with Crippen LogP contribution in [0, 0.1) is 5.92 Å². The van der Waals surface area contributed by atoms with Gasteiger partial charge < -0.3 is 9.72 Å². The Kier molecular flexibility index (Phi) is 8.52. The molecule has 1 N–H and O–H groups in total. The maximum absolute atomic E-state index is 4.66. The van der Waals surface area contributed by atoms with Crippen LogP contribution in [0.5, 0.6) is 0 Å². The number of nitrogens with zero attached hydrogens (tertiary/aromatic N) is 2. The van der Waals surface area contributed by atoms with Gasteiger partial charge in [-0.1, -0.05) is 89.9 Å². The van der Waals surface area contributed by atoms with Crippen LogP contribution in [-0.2, 0) is 0 Å². The van der Waals surface area contributed by atoms with Crippen molar-refractivity contribution < 1.29 is 0 Å². The first kappa shape index (κ1) is 21.7. The summed E-state index contributed by atoms with van der Waals surface area (Å²) in [6, 6.07) is 2.44. The van der Waals surface area contributed by atoms with Crippen LogP contribution in [0.3, 0.4) is 0 Å². The normalized spacial score (nSPS) is 21.2. The highest BCUT2D eigenvalue weighted by Gasteiger charge is 2.16. The Hall–Kier alpha value is -1.51. The van der Waals surface area contributed by atoms with E-state index in [1.165, 1.54) is 120 Å². The number of nitrogens with one attached hydrogen (secondary N) is 1. The summed E-state index contributed by atoms with van der Waals surface area (Å²) < 4.78 is 2.26. The molecule has 2 aromatic heterocycles. The Morgan fingerprint density at radius 1 is 0.800 bits per heavy atom.